The summed E-state index contributed by atoms with van der Waals surface area (Å²) in [7, 11) is 0. The van der Waals surface area contributed by atoms with E-state index in [1.54, 1.807) is 11.8 Å². The van der Waals surface area contributed by atoms with Crippen LogP contribution in [-0.4, -0.2) is 17.3 Å². The summed E-state index contributed by atoms with van der Waals surface area (Å²) in [5.74, 6) is 1.25. The van der Waals surface area contributed by atoms with Crippen LogP contribution in [-0.2, 0) is 0 Å². The van der Waals surface area contributed by atoms with Gasteiger partial charge in [-0.1, -0.05) is 6.92 Å². The van der Waals surface area contributed by atoms with Crippen LogP contribution in [0.4, 0.5) is 4.39 Å². The Morgan fingerprint density at radius 2 is 2.00 bits per heavy atom. The molecule has 0 spiro atoms. The first-order valence-corrected chi connectivity index (χ1v) is 5.76. The van der Waals surface area contributed by atoms with Gasteiger partial charge in [-0.3, -0.25) is 4.79 Å². The Kier molecular flexibility index (Phi) is 4.66. The van der Waals surface area contributed by atoms with E-state index < -0.39 is 0 Å². The van der Waals surface area contributed by atoms with E-state index in [4.69, 9.17) is 0 Å². The van der Waals surface area contributed by atoms with Crippen LogP contribution in [0.3, 0.4) is 0 Å². The lowest BCUT2D eigenvalue weighted by atomic mass is 10.1. The zero-order chi connectivity index (χ0) is 10.4. The SMILES string of the molecule is CCCSCC(=O)c1ccc(F)cc1. The normalized spacial score (nSPS) is 10.1. The van der Waals surface area contributed by atoms with Crippen LogP contribution in [0.5, 0.6) is 0 Å². The molecule has 0 aliphatic heterocycles. The fourth-order valence-electron chi connectivity index (χ4n) is 1.03. The highest BCUT2D eigenvalue weighted by atomic mass is 32.2. The van der Waals surface area contributed by atoms with E-state index >= 15 is 0 Å². The molecule has 0 aliphatic rings. The molecule has 0 radical (unpaired) electrons. The van der Waals surface area contributed by atoms with Gasteiger partial charge >= 0.3 is 0 Å². The second-order valence-electron chi connectivity index (χ2n) is 2.98. The van der Waals surface area contributed by atoms with Gasteiger partial charge in [-0.2, -0.15) is 11.8 Å². The molecule has 0 atom stereocenters. The van der Waals surface area contributed by atoms with Crippen molar-refractivity contribution in [3.8, 4) is 0 Å². The summed E-state index contributed by atoms with van der Waals surface area (Å²) in [6.45, 7) is 2.08. The molecule has 14 heavy (non-hydrogen) atoms. The van der Waals surface area contributed by atoms with Gasteiger partial charge in [0.15, 0.2) is 5.78 Å². The maximum atomic E-state index is 12.5. The van der Waals surface area contributed by atoms with Crippen LogP contribution < -0.4 is 0 Å². The van der Waals surface area contributed by atoms with E-state index in [2.05, 4.69) is 6.92 Å². The molecular formula is C11H13FOS. The maximum absolute atomic E-state index is 12.5. The molecule has 3 heteroatoms. The smallest absolute Gasteiger partial charge is 0.172 e. The number of Topliss-reactive ketones (excluding diaryl/α,β-unsaturated/α-hetero) is 1. The first-order chi connectivity index (χ1) is 6.74. The summed E-state index contributed by atoms with van der Waals surface area (Å²) in [5.41, 5.74) is 0.593. The summed E-state index contributed by atoms with van der Waals surface area (Å²) in [4.78, 5) is 11.5. The molecule has 0 heterocycles. The quantitative estimate of drug-likeness (QED) is 0.551. The number of thioether (sulfide) groups is 1. The van der Waals surface area contributed by atoms with Crippen LogP contribution in [0.25, 0.3) is 0 Å². The largest absolute Gasteiger partial charge is 0.293 e. The minimum Gasteiger partial charge on any atom is -0.293 e. The maximum Gasteiger partial charge on any atom is 0.172 e. The summed E-state index contributed by atoms with van der Waals surface area (Å²) in [5, 5.41) is 0. The number of rotatable bonds is 5. The Morgan fingerprint density at radius 1 is 1.36 bits per heavy atom. The number of halogens is 1. The Hall–Kier alpha value is -0.830. The van der Waals surface area contributed by atoms with Gasteiger partial charge in [0.05, 0.1) is 5.75 Å². The third-order valence-electron chi connectivity index (χ3n) is 1.75. The fraction of sp³-hybridized carbons (Fsp3) is 0.364. The van der Waals surface area contributed by atoms with E-state index in [0.717, 1.165) is 12.2 Å². The number of benzene rings is 1. The van der Waals surface area contributed by atoms with Gasteiger partial charge in [0, 0.05) is 5.56 Å². The molecule has 0 aromatic heterocycles. The van der Waals surface area contributed by atoms with Gasteiger partial charge in [-0.15, -0.1) is 0 Å². The van der Waals surface area contributed by atoms with E-state index in [1.165, 1.54) is 24.3 Å². The lowest BCUT2D eigenvalue weighted by Gasteiger charge is -1.99. The Bertz CT molecular complexity index is 295. The second-order valence-corrected chi connectivity index (χ2v) is 4.09. The van der Waals surface area contributed by atoms with Crippen LogP contribution in [0.15, 0.2) is 24.3 Å². The predicted molar refractivity (Wildman–Crippen MR) is 58.3 cm³/mol. The standard InChI is InChI=1S/C11H13FOS/c1-2-7-14-8-11(13)9-3-5-10(12)6-4-9/h3-6H,2,7-8H2,1H3. The molecule has 0 saturated carbocycles. The molecule has 1 aromatic carbocycles. The van der Waals surface area contributed by atoms with Crippen molar-refractivity contribution < 1.29 is 9.18 Å². The van der Waals surface area contributed by atoms with Gasteiger partial charge in [0.2, 0.25) is 0 Å². The second kappa shape index (κ2) is 5.81. The Balaban J connectivity index is 2.48. The number of carbonyl (C=O) groups is 1. The van der Waals surface area contributed by atoms with Crippen LogP contribution in [0.2, 0.25) is 0 Å². The zero-order valence-electron chi connectivity index (χ0n) is 8.13. The summed E-state index contributed by atoms with van der Waals surface area (Å²) in [6, 6.07) is 5.70. The molecule has 0 amide bonds. The minimum atomic E-state index is -0.303. The first kappa shape index (κ1) is 11.2. The van der Waals surface area contributed by atoms with Crippen molar-refractivity contribution in [3.63, 3.8) is 0 Å². The van der Waals surface area contributed by atoms with Crippen LogP contribution in [0, 0.1) is 5.82 Å². The third-order valence-corrected chi connectivity index (χ3v) is 2.91. The van der Waals surface area contributed by atoms with Gasteiger partial charge in [0.25, 0.3) is 0 Å². The van der Waals surface area contributed by atoms with E-state index in [1.807, 2.05) is 0 Å². The predicted octanol–water partition coefficient (Wildman–Crippen LogP) is 3.15. The van der Waals surface area contributed by atoms with E-state index in [0.29, 0.717) is 11.3 Å². The molecule has 0 saturated heterocycles. The van der Waals surface area contributed by atoms with E-state index in [9.17, 15) is 9.18 Å². The molecule has 0 fully saturated rings. The zero-order valence-corrected chi connectivity index (χ0v) is 8.94. The topological polar surface area (TPSA) is 17.1 Å². The fourth-order valence-corrected chi connectivity index (χ4v) is 1.81. The number of ketones is 1. The van der Waals surface area contributed by atoms with Crippen molar-refractivity contribution >= 4 is 17.5 Å². The first-order valence-electron chi connectivity index (χ1n) is 4.60. The number of hydrogen-bond donors (Lipinski definition) is 0. The van der Waals surface area contributed by atoms with Crippen molar-refractivity contribution in [2.24, 2.45) is 0 Å². The van der Waals surface area contributed by atoms with Crippen LogP contribution in [0.1, 0.15) is 23.7 Å². The van der Waals surface area contributed by atoms with Crippen molar-refractivity contribution in [2.45, 2.75) is 13.3 Å². The van der Waals surface area contributed by atoms with Gasteiger partial charge in [0.1, 0.15) is 5.82 Å². The Morgan fingerprint density at radius 3 is 2.57 bits per heavy atom. The monoisotopic (exact) mass is 212 g/mol. The van der Waals surface area contributed by atoms with Gasteiger partial charge < -0.3 is 0 Å². The summed E-state index contributed by atoms with van der Waals surface area (Å²) >= 11 is 1.62. The molecule has 1 rings (SSSR count). The van der Waals surface area contributed by atoms with Crippen molar-refractivity contribution in [3.05, 3.63) is 35.6 Å². The van der Waals surface area contributed by atoms with Crippen LogP contribution >= 0.6 is 11.8 Å². The summed E-state index contributed by atoms with van der Waals surface area (Å²) < 4.78 is 12.5. The number of hydrogen-bond acceptors (Lipinski definition) is 2. The molecule has 76 valence electrons. The highest BCUT2D eigenvalue weighted by Gasteiger charge is 2.04. The molecule has 1 nitrogen and oxygen atoms in total. The summed E-state index contributed by atoms with van der Waals surface area (Å²) in [6.07, 6.45) is 1.07. The highest BCUT2D eigenvalue weighted by Crippen LogP contribution is 2.09. The van der Waals surface area contributed by atoms with Crippen molar-refractivity contribution in [2.75, 3.05) is 11.5 Å². The average Bonchev–Trinajstić information content (AvgIpc) is 2.19. The highest BCUT2D eigenvalue weighted by molar-refractivity contribution is 7.99. The molecule has 0 unspecified atom stereocenters. The lowest BCUT2D eigenvalue weighted by molar-refractivity contribution is 0.102. The third kappa shape index (κ3) is 3.50. The Labute approximate surface area is 87.7 Å². The molecule has 0 bridgehead atoms. The lowest BCUT2D eigenvalue weighted by Crippen LogP contribution is -2.02. The van der Waals surface area contributed by atoms with Crippen molar-refractivity contribution in [1.82, 2.24) is 0 Å². The van der Waals surface area contributed by atoms with Gasteiger partial charge in [-0.05, 0) is 36.4 Å². The minimum absolute atomic E-state index is 0.0726. The average molecular weight is 212 g/mol. The molecule has 0 N–H and O–H groups in total. The molecule has 1 aromatic rings. The molecular weight excluding hydrogens is 199 g/mol. The van der Waals surface area contributed by atoms with Gasteiger partial charge in [-0.25, -0.2) is 4.39 Å². The van der Waals surface area contributed by atoms with E-state index in [-0.39, 0.29) is 11.6 Å². The van der Waals surface area contributed by atoms with Crippen molar-refractivity contribution in [1.29, 1.82) is 0 Å². The molecule has 0 aliphatic carbocycles. The number of carbonyl (C=O) groups excluding carboxylic acids is 1.